The molecule has 0 aliphatic carbocycles. The summed E-state index contributed by atoms with van der Waals surface area (Å²) in [5.41, 5.74) is 1.78. The average molecular weight is 294 g/mol. The molecule has 2 aromatic rings. The second-order valence-corrected chi connectivity index (χ2v) is 6.32. The van der Waals surface area contributed by atoms with Crippen LogP contribution in [0.5, 0.6) is 0 Å². The van der Waals surface area contributed by atoms with Crippen molar-refractivity contribution in [1.82, 2.24) is 20.2 Å². The molecule has 20 heavy (non-hydrogen) atoms. The van der Waals surface area contributed by atoms with Gasteiger partial charge in [-0.3, -0.25) is 5.10 Å². The summed E-state index contributed by atoms with van der Waals surface area (Å²) in [4.78, 5) is 8.99. The smallest absolute Gasteiger partial charge is 0.137 e. The van der Waals surface area contributed by atoms with Crippen molar-refractivity contribution in [2.24, 2.45) is 0 Å². The van der Waals surface area contributed by atoms with Gasteiger partial charge in [0, 0.05) is 22.7 Å². The maximum absolute atomic E-state index is 6.22. The minimum atomic E-state index is -0.146. The molecule has 0 fully saturated rings. The molecule has 108 valence electrons. The van der Waals surface area contributed by atoms with Crippen LogP contribution in [-0.2, 0) is 5.41 Å². The molecule has 0 saturated carbocycles. The molecule has 5 nitrogen and oxygen atoms in total. The molecule has 0 amide bonds. The summed E-state index contributed by atoms with van der Waals surface area (Å²) in [6.45, 7) is 10.2. The van der Waals surface area contributed by atoms with Crippen molar-refractivity contribution < 1.29 is 0 Å². The molecule has 6 heteroatoms. The highest BCUT2D eigenvalue weighted by Gasteiger charge is 2.21. The van der Waals surface area contributed by atoms with E-state index in [9.17, 15) is 0 Å². The molecule has 1 unspecified atom stereocenters. The Morgan fingerprint density at radius 2 is 2.00 bits per heavy atom. The monoisotopic (exact) mass is 293 g/mol. The molecule has 2 N–H and O–H groups in total. The van der Waals surface area contributed by atoms with Crippen LogP contribution in [0.2, 0.25) is 5.15 Å². The SMILES string of the molecule is Cc1c(Cl)nc(C(C)(C)C)nc1NC(C)c1cn[nH]c1. The van der Waals surface area contributed by atoms with E-state index in [2.05, 4.69) is 53.2 Å². The number of anilines is 1. The third kappa shape index (κ3) is 3.10. The number of nitrogens with zero attached hydrogens (tertiary/aromatic N) is 3. The van der Waals surface area contributed by atoms with Gasteiger partial charge in [0.15, 0.2) is 0 Å². The second kappa shape index (κ2) is 5.40. The van der Waals surface area contributed by atoms with Crippen LogP contribution in [0.25, 0.3) is 0 Å². The first kappa shape index (κ1) is 14.8. The molecule has 0 aromatic carbocycles. The van der Waals surface area contributed by atoms with Gasteiger partial charge in [0.2, 0.25) is 0 Å². The lowest BCUT2D eigenvalue weighted by molar-refractivity contribution is 0.545. The zero-order chi connectivity index (χ0) is 14.9. The van der Waals surface area contributed by atoms with E-state index in [-0.39, 0.29) is 11.5 Å². The zero-order valence-corrected chi connectivity index (χ0v) is 13.2. The first-order valence-electron chi connectivity index (χ1n) is 6.59. The minimum absolute atomic E-state index is 0.0891. The number of aromatic nitrogens is 4. The molecule has 2 rings (SSSR count). The summed E-state index contributed by atoms with van der Waals surface area (Å²) < 4.78 is 0. The third-order valence-corrected chi connectivity index (χ3v) is 3.50. The van der Waals surface area contributed by atoms with Gasteiger partial charge in [-0.05, 0) is 13.8 Å². The summed E-state index contributed by atoms with van der Waals surface area (Å²) >= 11 is 6.22. The molecule has 2 heterocycles. The molecule has 0 radical (unpaired) electrons. The topological polar surface area (TPSA) is 66.5 Å². The fraction of sp³-hybridized carbons (Fsp3) is 0.500. The Bertz CT molecular complexity index is 586. The highest BCUT2D eigenvalue weighted by molar-refractivity contribution is 6.30. The largest absolute Gasteiger partial charge is 0.363 e. The van der Waals surface area contributed by atoms with Crippen LogP contribution in [0.1, 0.15) is 50.7 Å². The normalized spacial score (nSPS) is 13.3. The maximum atomic E-state index is 6.22. The molecule has 0 aliphatic heterocycles. The first-order chi connectivity index (χ1) is 9.29. The van der Waals surface area contributed by atoms with E-state index in [0.29, 0.717) is 5.15 Å². The van der Waals surface area contributed by atoms with Gasteiger partial charge in [0.1, 0.15) is 16.8 Å². The summed E-state index contributed by atoms with van der Waals surface area (Å²) in [5, 5.41) is 10.6. The molecule has 0 spiro atoms. The average Bonchev–Trinajstić information content (AvgIpc) is 2.87. The highest BCUT2D eigenvalue weighted by Crippen LogP contribution is 2.28. The fourth-order valence-corrected chi connectivity index (χ4v) is 1.92. The van der Waals surface area contributed by atoms with E-state index in [0.717, 1.165) is 22.8 Å². The summed E-state index contributed by atoms with van der Waals surface area (Å²) in [7, 11) is 0. The summed E-state index contributed by atoms with van der Waals surface area (Å²) in [5.74, 6) is 1.50. The van der Waals surface area contributed by atoms with E-state index >= 15 is 0 Å². The third-order valence-electron chi connectivity index (χ3n) is 3.13. The van der Waals surface area contributed by atoms with Crippen molar-refractivity contribution in [2.75, 3.05) is 5.32 Å². The number of hydrogen-bond donors (Lipinski definition) is 2. The fourth-order valence-electron chi connectivity index (χ4n) is 1.75. The Morgan fingerprint density at radius 3 is 2.55 bits per heavy atom. The number of aromatic amines is 1. The van der Waals surface area contributed by atoms with Crippen LogP contribution in [0, 0.1) is 6.92 Å². The van der Waals surface area contributed by atoms with Gasteiger partial charge in [0.25, 0.3) is 0 Å². The number of nitrogens with one attached hydrogen (secondary N) is 2. The van der Waals surface area contributed by atoms with Gasteiger partial charge in [-0.2, -0.15) is 5.10 Å². The van der Waals surface area contributed by atoms with Gasteiger partial charge >= 0.3 is 0 Å². The predicted octanol–water partition coefficient (Wildman–Crippen LogP) is 3.63. The predicted molar refractivity (Wildman–Crippen MR) is 81.1 cm³/mol. The van der Waals surface area contributed by atoms with Gasteiger partial charge in [-0.15, -0.1) is 0 Å². The summed E-state index contributed by atoms with van der Waals surface area (Å²) in [6, 6.07) is 0.0891. The Balaban J connectivity index is 2.34. The van der Waals surface area contributed by atoms with Crippen molar-refractivity contribution in [3.63, 3.8) is 0 Å². The molecule has 0 bridgehead atoms. The number of H-pyrrole nitrogens is 1. The van der Waals surface area contributed by atoms with Gasteiger partial charge in [-0.25, -0.2) is 9.97 Å². The highest BCUT2D eigenvalue weighted by atomic mass is 35.5. The number of rotatable bonds is 3. The van der Waals surface area contributed by atoms with E-state index in [4.69, 9.17) is 11.6 Å². The Labute approximate surface area is 124 Å². The van der Waals surface area contributed by atoms with Crippen LogP contribution in [0.3, 0.4) is 0 Å². The van der Waals surface area contributed by atoms with Crippen LogP contribution < -0.4 is 5.32 Å². The number of hydrogen-bond acceptors (Lipinski definition) is 4. The lowest BCUT2D eigenvalue weighted by Gasteiger charge is -2.21. The standard InChI is InChI=1S/C14H20ClN5/c1-8-11(15)19-13(14(3,4)5)20-12(8)18-9(2)10-6-16-17-7-10/h6-7,9H,1-5H3,(H,16,17)(H,18,19,20). The summed E-state index contributed by atoms with van der Waals surface area (Å²) in [6.07, 6.45) is 3.65. The lowest BCUT2D eigenvalue weighted by Crippen LogP contribution is -2.19. The maximum Gasteiger partial charge on any atom is 0.137 e. The Hall–Kier alpha value is -1.62. The van der Waals surface area contributed by atoms with Crippen LogP contribution in [-0.4, -0.2) is 20.2 Å². The van der Waals surface area contributed by atoms with Crippen LogP contribution in [0.4, 0.5) is 5.82 Å². The molecule has 2 aromatic heterocycles. The zero-order valence-electron chi connectivity index (χ0n) is 12.5. The molecule has 0 aliphatic rings. The van der Waals surface area contributed by atoms with Crippen LogP contribution >= 0.6 is 11.6 Å². The minimum Gasteiger partial charge on any atom is -0.363 e. The lowest BCUT2D eigenvalue weighted by atomic mass is 9.95. The van der Waals surface area contributed by atoms with E-state index in [1.807, 2.05) is 13.1 Å². The van der Waals surface area contributed by atoms with Crippen molar-refractivity contribution in [3.05, 3.63) is 34.5 Å². The second-order valence-electron chi connectivity index (χ2n) is 5.96. The van der Waals surface area contributed by atoms with Crippen molar-refractivity contribution in [3.8, 4) is 0 Å². The van der Waals surface area contributed by atoms with Gasteiger partial charge in [0.05, 0.1) is 12.2 Å². The molecule has 1 atom stereocenters. The van der Waals surface area contributed by atoms with Crippen LogP contribution in [0.15, 0.2) is 12.4 Å². The van der Waals surface area contributed by atoms with Crippen molar-refractivity contribution >= 4 is 17.4 Å². The van der Waals surface area contributed by atoms with Gasteiger partial charge < -0.3 is 5.32 Å². The van der Waals surface area contributed by atoms with E-state index in [1.54, 1.807) is 6.20 Å². The number of halogens is 1. The Morgan fingerprint density at radius 1 is 1.30 bits per heavy atom. The van der Waals surface area contributed by atoms with E-state index in [1.165, 1.54) is 0 Å². The molecule has 0 saturated heterocycles. The van der Waals surface area contributed by atoms with Gasteiger partial charge in [-0.1, -0.05) is 32.4 Å². The first-order valence-corrected chi connectivity index (χ1v) is 6.96. The Kier molecular flexibility index (Phi) is 3.99. The van der Waals surface area contributed by atoms with E-state index < -0.39 is 0 Å². The van der Waals surface area contributed by atoms with Crippen molar-refractivity contribution in [1.29, 1.82) is 0 Å². The van der Waals surface area contributed by atoms with Crippen molar-refractivity contribution in [2.45, 2.75) is 46.1 Å². The molecular formula is C14H20ClN5. The molecular weight excluding hydrogens is 274 g/mol. The quantitative estimate of drug-likeness (QED) is 0.848.